The van der Waals surface area contributed by atoms with E-state index < -0.39 is 0 Å². The summed E-state index contributed by atoms with van der Waals surface area (Å²) in [5, 5.41) is 11.3. The van der Waals surface area contributed by atoms with Crippen LogP contribution >= 0.6 is 0 Å². The summed E-state index contributed by atoms with van der Waals surface area (Å²) in [4.78, 5) is 0. The van der Waals surface area contributed by atoms with Crippen LogP contribution in [-0.2, 0) is 0 Å². The van der Waals surface area contributed by atoms with Crippen molar-refractivity contribution in [2.45, 2.75) is 33.2 Å². The lowest BCUT2D eigenvalue weighted by Gasteiger charge is -2.07. The highest BCUT2D eigenvalue weighted by Gasteiger charge is 2.15. The molecule has 5 heteroatoms. The number of hydrogen-bond donors (Lipinski definition) is 1. The van der Waals surface area contributed by atoms with E-state index in [4.69, 9.17) is 4.42 Å². The van der Waals surface area contributed by atoms with Crippen molar-refractivity contribution in [3.8, 4) is 11.5 Å². The lowest BCUT2D eigenvalue weighted by atomic mass is 10.1. The maximum atomic E-state index is 13.3. The summed E-state index contributed by atoms with van der Waals surface area (Å²) in [7, 11) is 0. The Morgan fingerprint density at radius 1 is 1.37 bits per heavy atom. The summed E-state index contributed by atoms with van der Waals surface area (Å²) in [6.45, 7) is 6.83. The highest BCUT2D eigenvalue weighted by molar-refractivity contribution is 5.57. The molecule has 1 atom stereocenters. The number of aryl methyl sites for hydroxylation is 1. The van der Waals surface area contributed by atoms with Crippen LogP contribution in [0.25, 0.3) is 11.5 Å². The van der Waals surface area contributed by atoms with Crippen LogP contribution in [0.5, 0.6) is 0 Å². The van der Waals surface area contributed by atoms with Gasteiger partial charge in [-0.1, -0.05) is 13.0 Å². The predicted octanol–water partition coefficient (Wildman–Crippen LogP) is 3.24. The average Bonchev–Trinajstić information content (AvgIpc) is 2.88. The van der Waals surface area contributed by atoms with Crippen molar-refractivity contribution in [3.05, 3.63) is 35.5 Å². The van der Waals surface area contributed by atoms with Gasteiger partial charge in [-0.15, -0.1) is 10.2 Å². The van der Waals surface area contributed by atoms with Crippen LogP contribution in [0.15, 0.2) is 22.6 Å². The zero-order valence-corrected chi connectivity index (χ0v) is 11.4. The van der Waals surface area contributed by atoms with E-state index in [0.717, 1.165) is 18.5 Å². The van der Waals surface area contributed by atoms with Gasteiger partial charge in [-0.3, -0.25) is 0 Å². The Morgan fingerprint density at radius 3 is 2.89 bits per heavy atom. The van der Waals surface area contributed by atoms with Crippen LogP contribution < -0.4 is 5.32 Å². The molecule has 0 aliphatic rings. The smallest absolute Gasteiger partial charge is 0.248 e. The summed E-state index contributed by atoms with van der Waals surface area (Å²) in [5.41, 5.74) is 1.55. The van der Waals surface area contributed by atoms with Gasteiger partial charge in [0.1, 0.15) is 5.82 Å². The summed E-state index contributed by atoms with van der Waals surface area (Å²) >= 11 is 0. The molecular formula is C14H18FN3O. The minimum Gasteiger partial charge on any atom is -0.419 e. The lowest BCUT2D eigenvalue weighted by Crippen LogP contribution is -2.19. The third kappa shape index (κ3) is 3.17. The van der Waals surface area contributed by atoms with E-state index in [1.165, 1.54) is 12.1 Å². The third-order valence-corrected chi connectivity index (χ3v) is 2.94. The zero-order valence-electron chi connectivity index (χ0n) is 11.4. The summed E-state index contributed by atoms with van der Waals surface area (Å²) in [6.07, 6.45) is 1.04. The number of aromatic nitrogens is 2. The van der Waals surface area contributed by atoms with Crippen molar-refractivity contribution in [3.63, 3.8) is 0 Å². The average molecular weight is 263 g/mol. The number of nitrogens with one attached hydrogen (secondary N) is 1. The SMILES string of the molecule is CCCNC(C)c1nnc(-c2cc(F)ccc2C)o1. The highest BCUT2D eigenvalue weighted by atomic mass is 19.1. The molecule has 0 saturated carbocycles. The van der Waals surface area contributed by atoms with Crippen LogP contribution in [0.2, 0.25) is 0 Å². The Hall–Kier alpha value is -1.75. The molecule has 1 aromatic carbocycles. The monoisotopic (exact) mass is 263 g/mol. The molecule has 1 heterocycles. The molecule has 1 N–H and O–H groups in total. The van der Waals surface area contributed by atoms with Crippen molar-refractivity contribution in [2.24, 2.45) is 0 Å². The van der Waals surface area contributed by atoms with Gasteiger partial charge < -0.3 is 9.73 Å². The topological polar surface area (TPSA) is 51.0 Å². The minimum absolute atomic E-state index is 0.00457. The Morgan fingerprint density at radius 2 is 2.16 bits per heavy atom. The second kappa shape index (κ2) is 5.93. The van der Waals surface area contributed by atoms with Gasteiger partial charge in [-0.25, -0.2) is 4.39 Å². The van der Waals surface area contributed by atoms with Crippen LogP contribution in [0, 0.1) is 12.7 Å². The molecule has 0 saturated heterocycles. The molecule has 2 aromatic rings. The van der Waals surface area contributed by atoms with Gasteiger partial charge in [0.05, 0.1) is 6.04 Å². The molecule has 1 unspecified atom stereocenters. The summed E-state index contributed by atoms with van der Waals surface area (Å²) < 4.78 is 18.9. The van der Waals surface area contributed by atoms with E-state index in [0.29, 0.717) is 17.3 Å². The first-order chi connectivity index (χ1) is 9.11. The molecular weight excluding hydrogens is 245 g/mol. The van der Waals surface area contributed by atoms with Crippen LogP contribution in [0.4, 0.5) is 4.39 Å². The predicted molar refractivity (Wildman–Crippen MR) is 71.1 cm³/mol. The van der Waals surface area contributed by atoms with E-state index in [-0.39, 0.29) is 11.9 Å². The van der Waals surface area contributed by atoms with Crippen LogP contribution in [0.3, 0.4) is 0 Å². The van der Waals surface area contributed by atoms with Crippen LogP contribution in [-0.4, -0.2) is 16.7 Å². The lowest BCUT2D eigenvalue weighted by molar-refractivity contribution is 0.423. The molecule has 0 bridgehead atoms. The number of halogens is 1. The molecule has 0 aliphatic carbocycles. The number of rotatable bonds is 5. The van der Waals surface area contributed by atoms with Crippen molar-refractivity contribution in [2.75, 3.05) is 6.54 Å². The van der Waals surface area contributed by atoms with E-state index in [1.807, 2.05) is 13.8 Å². The molecule has 1 aromatic heterocycles. The fourth-order valence-corrected chi connectivity index (χ4v) is 1.79. The van der Waals surface area contributed by atoms with Crippen molar-refractivity contribution in [1.29, 1.82) is 0 Å². The van der Waals surface area contributed by atoms with Gasteiger partial charge in [0.15, 0.2) is 0 Å². The largest absolute Gasteiger partial charge is 0.419 e. The van der Waals surface area contributed by atoms with Gasteiger partial charge >= 0.3 is 0 Å². The van der Waals surface area contributed by atoms with E-state index in [1.54, 1.807) is 6.07 Å². The Kier molecular flexibility index (Phi) is 4.27. The second-order valence-electron chi connectivity index (χ2n) is 4.58. The molecule has 4 nitrogen and oxygen atoms in total. The standard InChI is InChI=1S/C14H18FN3O/c1-4-7-16-10(3)13-17-18-14(19-13)12-8-11(15)6-5-9(12)2/h5-6,8,10,16H,4,7H2,1-3H3. The van der Waals surface area contributed by atoms with E-state index in [9.17, 15) is 4.39 Å². The first kappa shape index (κ1) is 13.7. The molecule has 0 spiro atoms. The van der Waals surface area contributed by atoms with Gasteiger partial charge in [0.2, 0.25) is 11.8 Å². The normalized spacial score (nSPS) is 12.6. The molecule has 2 rings (SSSR count). The number of hydrogen-bond acceptors (Lipinski definition) is 4. The van der Waals surface area contributed by atoms with Gasteiger partial charge in [-0.05, 0) is 44.5 Å². The molecule has 0 aliphatic heterocycles. The molecule has 0 amide bonds. The fraction of sp³-hybridized carbons (Fsp3) is 0.429. The Bertz CT molecular complexity index is 553. The van der Waals surface area contributed by atoms with Gasteiger partial charge in [0, 0.05) is 5.56 Å². The Labute approximate surface area is 112 Å². The molecule has 0 fully saturated rings. The second-order valence-corrected chi connectivity index (χ2v) is 4.58. The third-order valence-electron chi connectivity index (χ3n) is 2.94. The maximum absolute atomic E-state index is 13.3. The summed E-state index contributed by atoms with van der Waals surface area (Å²) in [6, 6.07) is 4.53. The maximum Gasteiger partial charge on any atom is 0.248 e. The quantitative estimate of drug-likeness (QED) is 0.899. The number of nitrogens with zero attached hydrogens (tertiary/aromatic N) is 2. The minimum atomic E-state index is -0.308. The van der Waals surface area contributed by atoms with Crippen molar-refractivity contribution >= 4 is 0 Å². The van der Waals surface area contributed by atoms with Crippen molar-refractivity contribution < 1.29 is 8.81 Å². The van der Waals surface area contributed by atoms with Crippen molar-refractivity contribution in [1.82, 2.24) is 15.5 Å². The first-order valence-corrected chi connectivity index (χ1v) is 6.45. The van der Waals surface area contributed by atoms with E-state index in [2.05, 4.69) is 22.4 Å². The Balaban J connectivity index is 2.23. The van der Waals surface area contributed by atoms with Gasteiger partial charge in [-0.2, -0.15) is 0 Å². The highest BCUT2D eigenvalue weighted by Crippen LogP contribution is 2.24. The van der Waals surface area contributed by atoms with Crippen LogP contribution in [0.1, 0.15) is 37.8 Å². The molecule has 0 radical (unpaired) electrons. The molecule has 102 valence electrons. The first-order valence-electron chi connectivity index (χ1n) is 6.45. The summed E-state index contributed by atoms with van der Waals surface area (Å²) in [5.74, 6) is 0.571. The number of benzene rings is 1. The van der Waals surface area contributed by atoms with E-state index >= 15 is 0 Å². The molecule has 19 heavy (non-hydrogen) atoms. The van der Waals surface area contributed by atoms with Gasteiger partial charge in [0.25, 0.3) is 0 Å². The zero-order chi connectivity index (χ0) is 13.8. The fourth-order valence-electron chi connectivity index (χ4n) is 1.79.